The third kappa shape index (κ3) is 3.41. The van der Waals surface area contributed by atoms with Gasteiger partial charge in [-0.15, -0.1) is 0 Å². The van der Waals surface area contributed by atoms with Crippen LogP contribution in [0.15, 0.2) is 18.3 Å². The third-order valence-corrected chi connectivity index (χ3v) is 2.54. The van der Waals surface area contributed by atoms with E-state index in [1.807, 2.05) is 0 Å². The summed E-state index contributed by atoms with van der Waals surface area (Å²) < 4.78 is 0. The van der Waals surface area contributed by atoms with E-state index >= 15 is 0 Å². The topological polar surface area (TPSA) is 85.7 Å². The molecule has 0 radical (unpaired) electrons. The van der Waals surface area contributed by atoms with Crippen molar-refractivity contribution < 1.29 is 15.0 Å². The summed E-state index contributed by atoms with van der Waals surface area (Å²) in [5.41, 5.74) is -0.347. The van der Waals surface area contributed by atoms with Gasteiger partial charge in [0.2, 0.25) is 0 Å². The Morgan fingerprint density at radius 2 is 2.00 bits per heavy atom. The molecule has 1 aromatic rings. The Balaban J connectivity index is 2.81. The second kappa shape index (κ2) is 5.79. The van der Waals surface area contributed by atoms with Crippen molar-refractivity contribution in [3.8, 4) is 0 Å². The number of carbonyl (C=O) groups excluding carboxylic acids is 1. The molecule has 0 aliphatic carbocycles. The van der Waals surface area contributed by atoms with Gasteiger partial charge in [0.05, 0.1) is 24.3 Å². The Morgan fingerprint density at radius 3 is 2.39 bits per heavy atom. The van der Waals surface area contributed by atoms with Crippen LogP contribution in [0.5, 0.6) is 0 Å². The van der Waals surface area contributed by atoms with Crippen LogP contribution in [-0.4, -0.2) is 58.9 Å². The van der Waals surface area contributed by atoms with Crippen LogP contribution in [0.4, 0.5) is 5.82 Å². The van der Waals surface area contributed by atoms with Crippen LogP contribution >= 0.6 is 0 Å². The fourth-order valence-electron chi connectivity index (χ4n) is 1.29. The van der Waals surface area contributed by atoms with Crippen molar-refractivity contribution in [1.82, 2.24) is 9.88 Å². The van der Waals surface area contributed by atoms with Crippen molar-refractivity contribution >= 4 is 11.7 Å². The van der Waals surface area contributed by atoms with Gasteiger partial charge >= 0.3 is 0 Å². The minimum absolute atomic E-state index is 0.124. The largest absolute Gasteiger partial charge is 0.394 e. The Morgan fingerprint density at radius 1 is 1.39 bits per heavy atom. The molecule has 6 nitrogen and oxygen atoms in total. The molecule has 0 unspecified atom stereocenters. The van der Waals surface area contributed by atoms with E-state index in [0.29, 0.717) is 11.4 Å². The lowest BCUT2D eigenvalue weighted by atomic mass is 10.1. The Labute approximate surface area is 106 Å². The number of hydrogen-bond donors (Lipinski definition) is 3. The summed E-state index contributed by atoms with van der Waals surface area (Å²) in [6, 6.07) is 3.28. The van der Waals surface area contributed by atoms with E-state index in [-0.39, 0.29) is 19.1 Å². The van der Waals surface area contributed by atoms with Crippen LogP contribution in [0.1, 0.15) is 17.3 Å². The zero-order valence-electron chi connectivity index (χ0n) is 10.8. The van der Waals surface area contributed by atoms with Crippen molar-refractivity contribution in [3.05, 3.63) is 23.9 Å². The van der Waals surface area contributed by atoms with Gasteiger partial charge in [0, 0.05) is 20.3 Å². The van der Waals surface area contributed by atoms with E-state index in [1.165, 1.54) is 11.1 Å². The quantitative estimate of drug-likeness (QED) is 0.684. The molecule has 0 spiro atoms. The number of aliphatic hydroxyl groups is 2. The summed E-state index contributed by atoms with van der Waals surface area (Å²) in [6.45, 7) is 1.24. The first-order chi connectivity index (χ1) is 8.41. The summed E-state index contributed by atoms with van der Waals surface area (Å²) >= 11 is 0. The lowest BCUT2D eigenvalue weighted by molar-refractivity contribution is 0.0827. The van der Waals surface area contributed by atoms with Gasteiger partial charge in [-0.05, 0) is 19.1 Å². The van der Waals surface area contributed by atoms with Crippen LogP contribution in [0, 0.1) is 0 Å². The molecule has 18 heavy (non-hydrogen) atoms. The first-order valence-corrected chi connectivity index (χ1v) is 5.59. The molecule has 1 aromatic heterocycles. The van der Waals surface area contributed by atoms with Crippen molar-refractivity contribution in [2.45, 2.75) is 12.5 Å². The monoisotopic (exact) mass is 253 g/mol. The molecule has 3 N–H and O–H groups in total. The molecule has 6 heteroatoms. The number of aliphatic hydroxyl groups excluding tert-OH is 2. The zero-order valence-corrected chi connectivity index (χ0v) is 10.8. The van der Waals surface area contributed by atoms with E-state index < -0.39 is 5.54 Å². The average Bonchev–Trinajstić information content (AvgIpc) is 2.38. The summed E-state index contributed by atoms with van der Waals surface area (Å²) in [6.07, 6.45) is 1.46. The fourth-order valence-corrected chi connectivity index (χ4v) is 1.29. The zero-order chi connectivity index (χ0) is 13.8. The average molecular weight is 253 g/mol. The molecule has 1 amide bonds. The van der Waals surface area contributed by atoms with E-state index in [1.54, 1.807) is 33.2 Å². The van der Waals surface area contributed by atoms with Crippen LogP contribution in [-0.2, 0) is 0 Å². The molecule has 100 valence electrons. The van der Waals surface area contributed by atoms with E-state index in [9.17, 15) is 4.79 Å². The molecule has 0 bridgehead atoms. The van der Waals surface area contributed by atoms with Gasteiger partial charge in [0.1, 0.15) is 5.82 Å². The first kappa shape index (κ1) is 14.4. The van der Waals surface area contributed by atoms with Crippen molar-refractivity contribution in [3.63, 3.8) is 0 Å². The number of aromatic nitrogens is 1. The standard InChI is InChI=1S/C12H19N3O3/c1-12(7-16,8-17)14-10-5-4-9(6-13-10)11(18)15(2)3/h4-6,16-17H,7-8H2,1-3H3,(H,13,14). The minimum Gasteiger partial charge on any atom is -0.394 e. The summed E-state index contributed by atoms with van der Waals surface area (Å²) in [5, 5.41) is 21.2. The number of amides is 1. The van der Waals surface area contributed by atoms with Crippen LogP contribution in [0.25, 0.3) is 0 Å². The van der Waals surface area contributed by atoms with Crippen LogP contribution in [0.2, 0.25) is 0 Å². The van der Waals surface area contributed by atoms with Gasteiger partial charge < -0.3 is 20.4 Å². The molecule has 0 aromatic carbocycles. The highest BCUT2D eigenvalue weighted by Gasteiger charge is 2.22. The molecular formula is C12H19N3O3. The maximum atomic E-state index is 11.6. The third-order valence-electron chi connectivity index (χ3n) is 2.54. The van der Waals surface area contributed by atoms with Gasteiger partial charge in [-0.3, -0.25) is 4.79 Å². The second-order valence-electron chi connectivity index (χ2n) is 4.63. The summed E-state index contributed by atoms with van der Waals surface area (Å²) in [4.78, 5) is 17.2. The molecule has 1 rings (SSSR count). The van der Waals surface area contributed by atoms with Gasteiger partial charge in [-0.2, -0.15) is 0 Å². The fraction of sp³-hybridized carbons (Fsp3) is 0.500. The second-order valence-corrected chi connectivity index (χ2v) is 4.63. The van der Waals surface area contributed by atoms with Gasteiger partial charge in [0.15, 0.2) is 0 Å². The number of rotatable bonds is 5. The summed E-state index contributed by atoms with van der Waals surface area (Å²) in [7, 11) is 3.34. The Hall–Kier alpha value is -1.66. The molecule has 0 aliphatic rings. The number of hydrogen-bond acceptors (Lipinski definition) is 5. The smallest absolute Gasteiger partial charge is 0.254 e. The van der Waals surface area contributed by atoms with Crippen molar-refractivity contribution in [2.24, 2.45) is 0 Å². The van der Waals surface area contributed by atoms with Gasteiger partial charge in [-0.25, -0.2) is 4.98 Å². The molecule has 1 heterocycles. The van der Waals surface area contributed by atoms with Crippen LogP contribution < -0.4 is 5.32 Å². The normalized spacial score (nSPS) is 11.2. The minimum atomic E-state index is -0.833. The highest BCUT2D eigenvalue weighted by atomic mass is 16.3. The highest BCUT2D eigenvalue weighted by Crippen LogP contribution is 2.13. The van der Waals surface area contributed by atoms with Crippen molar-refractivity contribution in [2.75, 3.05) is 32.6 Å². The number of pyridine rings is 1. The van der Waals surface area contributed by atoms with Crippen molar-refractivity contribution in [1.29, 1.82) is 0 Å². The van der Waals surface area contributed by atoms with Crippen LogP contribution in [0.3, 0.4) is 0 Å². The summed E-state index contributed by atoms with van der Waals surface area (Å²) in [5.74, 6) is 0.372. The lowest BCUT2D eigenvalue weighted by Crippen LogP contribution is -2.42. The Bertz CT molecular complexity index is 400. The van der Waals surface area contributed by atoms with E-state index in [0.717, 1.165) is 0 Å². The molecule has 0 saturated heterocycles. The highest BCUT2D eigenvalue weighted by molar-refractivity contribution is 5.93. The maximum absolute atomic E-state index is 11.6. The van der Waals surface area contributed by atoms with Gasteiger partial charge in [-0.1, -0.05) is 0 Å². The number of carbonyl (C=O) groups is 1. The number of nitrogens with one attached hydrogen (secondary N) is 1. The van der Waals surface area contributed by atoms with E-state index in [4.69, 9.17) is 10.2 Å². The maximum Gasteiger partial charge on any atom is 0.254 e. The SMILES string of the molecule is CN(C)C(=O)c1ccc(NC(C)(CO)CO)nc1. The van der Waals surface area contributed by atoms with Gasteiger partial charge in [0.25, 0.3) is 5.91 Å². The molecular weight excluding hydrogens is 234 g/mol. The number of nitrogens with zero attached hydrogens (tertiary/aromatic N) is 2. The Kier molecular flexibility index (Phi) is 4.63. The molecule has 0 aliphatic heterocycles. The molecule has 0 saturated carbocycles. The predicted octanol–water partition coefficient (Wildman–Crippen LogP) is -0.0614. The molecule has 0 fully saturated rings. The predicted molar refractivity (Wildman–Crippen MR) is 68.5 cm³/mol. The first-order valence-electron chi connectivity index (χ1n) is 5.59. The molecule has 0 atom stereocenters. The van der Waals surface area contributed by atoms with E-state index in [2.05, 4.69) is 10.3 Å². The number of anilines is 1. The lowest BCUT2D eigenvalue weighted by Gasteiger charge is -2.26.